The van der Waals surface area contributed by atoms with Crippen molar-refractivity contribution in [1.82, 2.24) is 0 Å². The summed E-state index contributed by atoms with van der Waals surface area (Å²) in [4.78, 5) is 0. The molecule has 1 heteroatoms. The normalized spacial score (nSPS) is 13.6. The van der Waals surface area contributed by atoms with Gasteiger partial charge in [0.05, 0.1) is 0 Å². The summed E-state index contributed by atoms with van der Waals surface area (Å²) in [7, 11) is 0. The summed E-state index contributed by atoms with van der Waals surface area (Å²) in [5.74, 6) is 1.31. The zero-order valence-electron chi connectivity index (χ0n) is 18.4. The summed E-state index contributed by atoms with van der Waals surface area (Å²) in [6, 6.07) is 11.0. The molecule has 0 aliphatic heterocycles. The average Bonchev–Trinajstić information content (AvgIpc) is 2.70. The smallest absolute Gasteiger partial charge is 0.000556 e. The van der Waals surface area contributed by atoms with E-state index in [1.165, 1.54) is 102 Å². The number of benzene rings is 1. The van der Waals surface area contributed by atoms with Crippen LogP contribution in [0.25, 0.3) is 0 Å². The largest absolute Gasteiger partial charge is 0.330 e. The average molecular weight is 374 g/mol. The lowest BCUT2D eigenvalue weighted by Crippen LogP contribution is -2.22. The Kier molecular flexibility index (Phi) is 15.5. The maximum absolute atomic E-state index is 6.26. The van der Waals surface area contributed by atoms with E-state index in [1.807, 2.05) is 0 Å². The molecule has 2 unspecified atom stereocenters. The van der Waals surface area contributed by atoms with Crippen LogP contribution in [0.3, 0.4) is 0 Å². The molecular weight excluding hydrogens is 326 g/mol. The molecule has 2 atom stereocenters. The minimum absolute atomic E-state index is 0.543. The molecule has 1 aromatic carbocycles. The molecule has 0 amide bonds. The first kappa shape index (κ1) is 24.2. The van der Waals surface area contributed by atoms with Gasteiger partial charge in [0.1, 0.15) is 0 Å². The number of hydrogen-bond acceptors (Lipinski definition) is 1. The maximum Gasteiger partial charge on any atom is -0.000556 e. The van der Waals surface area contributed by atoms with Crippen LogP contribution >= 0.6 is 0 Å². The Morgan fingerprint density at radius 1 is 0.630 bits per heavy atom. The SMILES string of the molecule is CCCCCCCCCCC(CCCCCCC)C(CN)c1ccccc1. The highest BCUT2D eigenvalue weighted by atomic mass is 14.6. The van der Waals surface area contributed by atoms with Crippen LogP contribution in [0.15, 0.2) is 30.3 Å². The molecule has 156 valence electrons. The molecule has 27 heavy (non-hydrogen) atoms. The lowest BCUT2D eigenvalue weighted by atomic mass is 9.79. The van der Waals surface area contributed by atoms with Crippen LogP contribution in [0.5, 0.6) is 0 Å². The lowest BCUT2D eigenvalue weighted by molar-refractivity contribution is 0.344. The van der Waals surface area contributed by atoms with Gasteiger partial charge in [0.2, 0.25) is 0 Å². The van der Waals surface area contributed by atoms with Gasteiger partial charge in [-0.05, 0) is 36.8 Å². The fourth-order valence-corrected chi connectivity index (χ4v) is 4.40. The van der Waals surface area contributed by atoms with Crippen molar-refractivity contribution in [2.75, 3.05) is 6.54 Å². The lowest BCUT2D eigenvalue weighted by Gasteiger charge is -2.27. The van der Waals surface area contributed by atoms with Crippen molar-refractivity contribution >= 4 is 0 Å². The topological polar surface area (TPSA) is 26.0 Å². The van der Waals surface area contributed by atoms with E-state index in [0.717, 1.165) is 12.5 Å². The van der Waals surface area contributed by atoms with Crippen LogP contribution in [-0.2, 0) is 0 Å². The summed E-state index contributed by atoms with van der Waals surface area (Å²) in [6.07, 6.45) is 20.9. The molecule has 2 N–H and O–H groups in total. The number of nitrogens with two attached hydrogens (primary N) is 1. The first-order valence-corrected chi connectivity index (χ1v) is 12.1. The quantitative estimate of drug-likeness (QED) is 0.258. The van der Waals surface area contributed by atoms with Gasteiger partial charge in [-0.3, -0.25) is 0 Å². The maximum atomic E-state index is 6.26. The highest BCUT2D eigenvalue weighted by molar-refractivity contribution is 5.20. The van der Waals surface area contributed by atoms with Crippen LogP contribution < -0.4 is 5.73 Å². The zero-order valence-corrected chi connectivity index (χ0v) is 18.4. The second-order valence-electron chi connectivity index (χ2n) is 8.48. The molecule has 0 aromatic heterocycles. The molecule has 0 fully saturated rings. The fraction of sp³-hybridized carbons (Fsp3) is 0.769. The highest BCUT2D eigenvalue weighted by Gasteiger charge is 2.21. The molecule has 0 radical (unpaired) electrons. The van der Waals surface area contributed by atoms with Crippen molar-refractivity contribution in [3.8, 4) is 0 Å². The highest BCUT2D eigenvalue weighted by Crippen LogP contribution is 2.32. The second-order valence-corrected chi connectivity index (χ2v) is 8.48. The third-order valence-electron chi connectivity index (χ3n) is 6.16. The minimum Gasteiger partial charge on any atom is -0.330 e. The van der Waals surface area contributed by atoms with E-state index in [4.69, 9.17) is 5.73 Å². The van der Waals surface area contributed by atoms with E-state index in [1.54, 1.807) is 0 Å². The van der Waals surface area contributed by atoms with E-state index in [9.17, 15) is 0 Å². The van der Waals surface area contributed by atoms with Crippen molar-refractivity contribution in [2.24, 2.45) is 11.7 Å². The predicted octanol–water partition coefficient (Wildman–Crippen LogP) is 8.24. The molecule has 0 spiro atoms. The van der Waals surface area contributed by atoms with Gasteiger partial charge in [0, 0.05) is 0 Å². The summed E-state index contributed by atoms with van der Waals surface area (Å²) < 4.78 is 0. The van der Waals surface area contributed by atoms with Gasteiger partial charge in [-0.2, -0.15) is 0 Å². The van der Waals surface area contributed by atoms with Crippen molar-refractivity contribution in [3.63, 3.8) is 0 Å². The third-order valence-corrected chi connectivity index (χ3v) is 6.16. The van der Waals surface area contributed by atoms with Gasteiger partial charge < -0.3 is 5.73 Å². The van der Waals surface area contributed by atoms with Crippen molar-refractivity contribution in [1.29, 1.82) is 0 Å². The van der Waals surface area contributed by atoms with E-state index in [0.29, 0.717) is 5.92 Å². The predicted molar refractivity (Wildman–Crippen MR) is 122 cm³/mol. The Bertz CT molecular complexity index is 413. The number of hydrogen-bond donors (Lipinski definition) is 1. The third kappa shape index (κ3) is 11.6. The van der Waals surface area contributed by atoms with E-state index >= 15 is 0 Å². The van der Waals surface area contributed by atoms with Crippen molar-refractivity contribution < 1.29 is 0 Å². The van der Waals surface area contributed by atoms with Gasteiger partial charge in [0.15, 0.2) is 0 Å². The molecule has 0 aliphatic rings. The molecule has 0 heterocycles. The molecule has 0 saturated carbocycles. The first-order chi connectivity index (χ1) is 13.3. The molecule has 1 aromatic rings. The second kappa shape index (κ2) is 17.3. The summed E-state index contributed by atoms with van der Waals surface area (Å²) in [6.45, 7) is 5.38. The molecular formula is C26H47N. The molecule has 0 aliphatic carbocycles. The Morgan fingerprint density at radius 2 is 1.07 bits per heavy atom. The Labute approximate surface area is 170 Å². The fourth-order valence-electron chi connectivity index (χ4n) is 4.40. The standard InChI is InChI=1S/C26H47N/c1-3-5-7-9-10-11-13-16-20-24(19-15-12-8-6-4-2)26(23-27)25-21-17-14-18-22-25/h14,17-18,21-22,24,26H,3-13,15-16,19-20,23,27H2,1-2H3. The number of rotatable bonds is 18. The Hall–Kier alpha value is -0.820. The van der Waals surface area contributed by atoms with Gasteiger partial charge in [-0.15, -0.1) is 0 Å². The van der Waals surface area contributed by atoms with E-state index in [-0.39, 0.29) is 0 Å². The summed E-state index contributed by atoms with van der Waals surface area (Å²) >= 11 is 0. The monoisotopic (exact) mass is 373 g/mol. The van der Waals surface area contributed by atoms with E-state index < -0.39 is 0 Å². The zero-order chi connectivity index (χ0) is 19.6. The van der Waals surface area contributed by atoms with Gasteiger partial charge in [0.25, 0.3) is 0 Å². The van der Waals surface area contributed by atoms with Crippen LogP contribution in [0.4, 0.5) is 0 Å². The minimum atomic E-state index is 0.543. The Balaban J connectivity index is 2.42. The van der Waals surface area contributed by atoms with E-state index in [2.05, 4.69) is 44.2 Å². The van der Waals surface area contributed by atoms with Gasteiger partial charge in [-0.1, -0.05) is 128 Å². The van der Waals surface area contributed by atoms with Crippen LogP contribution in [0, 0.1) is 5.92 Å². The summed E-state index contributed by atoms with van der Waals surface area (Å²) in [5, 5.41) is 0. The number of unbranched alkanes of at least 4 members (excludes halogenated alkanes) is 11. The molecule has 0 saturated heterocycles. The molecule has 1 nitrogen and oxygen atoms in total. The summed E-state index contributed by atoms with van der Waals surface area (Å²) in [5.41, 5.74) is 7.71. The van der Waals surface area contributed by atoms with Gasteiger partial charge >= 0.3 is 0 Å². The van der Waals surface area contributed by atoms with Crippen molar-refractivity contribution in [3.05, 3.63) is 35.9 Å². The van der Waals surface area contributed by atoms with Crippen molar-refractivity contribution in [2.45, 2.75) is 116 Å². The molecule has 0 bridgehead atoms. The van der Waals surface area contributed by atoms with Crippen LogP contribution in [0.1, 0.15) is 122 Å². The molecule has 1 rings (SSSR count). The Morgan fingerprint density at radius 3 is 1.52 bits per heavy atom. The van der Waals surface area contributed by atoms with Crippen LogP contribution in [-0.4, -0.2) is 6.54 Å². The van der Waals surface area contributed by atoms with Gasteiger partial charge in [-0.25, -0.2) is 0 Å². The van der Waals surface area contributed by atoms with Crippen LogP contribution in [0.2, 0.25) is 0 Å². The first-order valence-electron chi connectivity index (χ1n) is 12.1.